The second kappa shape index (κ2) is 7.32. The molecule has 4 rings (SSSR count). The van der Waals surface area contributed by atoms with Crippen LogP contribution in [0.3, 0.4) is 0 Å². The van der Waals surface area contributed by atoms with Crippen molar-refractivity contribution in [3.05, 3.63) is 59.2 Å². The molecule has 0 aliphatic heterocycles. The highest BCUT2D eigenvalue weighted by Crippen LogP contribution is 2.35. The van der Waals surface area contributed by atoms with Gasteiger partial charge in [-0.05, 0) is 51.5 Å². The lowest BCUT2D eigenvalue weighted by Gasteiger charge is -2.15. The molecule has 0 saturated heterocycles. The Morgan fingerprint density at radius 1 is 0.963 bits per heavy atom. The number of anilines is 2. The van der Waals surface area contributed by atoms with E-state index in [-0.39, 0.29) is 12.4 Å². The van der Waals surface area contributed by atoms with Crippen LogP contribution in [0.15, 0.2) is 41.1 Å². The molecule has 3 heterocycles. The van der Waals surface area contributed by atoms with E-state index in [2.05, 4.69) is 57.5 Å². The number of aryl methyl sites for hydroxylation is 4. The van der Waals surface area contributed by atoms with Gasteiger partial charge in [0, 0.05) is 23.0 Å². The lowest BCUT2D eigenvalue weighted by molar-refractivity contribution is 0.425. The van der Waals surface area contributed by atoms with Crippen LogP contribution in [-0.2, 0) is 0 Å². The van der Waals surface area contributed by atoms with Crippen LogP contribution in [0.1, 0.15) is 22.6 Å². The number of nitrogens with one attached hydrogen (secondary N) is 1. The second-order valence-corrected chi connectivity index (χ2v) is 6.46. The molecule has 6 nitrogen and oxygen atoms in total. The van der Waals surface area contributed by atoms with Gasteiger partial charge in [0.05, 0.1) is 11.3 Å². The summed E-state index contributed by atoms with van der Waals surface area (Å²) in [4.78, 5) is 13.4. The first kappa shape index (κ1) is 18.8. The van der Waals surface area contributed by atoms with E-state index >= 15 is 0 Å². The maximum absolute atomic E-state index is 5.39. The molecule has 0 amide bonds. The molecule has 0 radical (unpaired) electrons. The second-order valence-electron chi connectivity index (χ2n) is 6.46. The first-order valence-corrected chi connectivity index (χ1v) is 8.42. The number of hydrogen-bond donors (Lipinski definition) is 1. The van der Waals surface area contributed by atoms with Crippen molar-refractivity contribution in [2.45, 2.75) is 27.7 Å². The number of pyridine rings is 2. The summed E-state index contributed by atoms with van der Waals surface area (Å²) in [5.74, 6) is 1.02. The van der Waals surface area contributed by atoms with Crippen LogP contribution in [-0.4, -0.2) is 20.1 Å². The van der Waals surface area contributed by atoms with E-state index in [9.17, 15) is 0 Å². The minimum atomic E-state index is 0. The molecule has 0 aliphatic rings. The Labute approximate surface area is 163 Å². The molecule has 1 N–H and O–H groups in total. The number of benzene rings is 1. The van der Waals surface area contributed by atoms with Gasteiger partial charge in [-0.25, -0.2) is 9.97 Å². The van der Waals surface area contributed by atoms with Crippen LogP contribution >= 0.6 is 12.4 Å². The molecule has 7 heteroatoms. The SMILES string of the molecule is Cc1ccc(Nc2c(-c3nc(C)no3)cnc3nc(C)ccc23)c(C)c1.Cl. The van der Waals surface area contributed by atoms with E-state index in [1.165, 1.54) is 5.56 Å². The molecule has 138 valence electrons. The third-order valence-electron chi connectivity index (χ3n) is 4.27. The van der Waals surface area contributed by atoms with Gasteiger partial charge in [-0.3, -0.25) is 0 Å². The Kier molecular flexibility index (Phi) is 5.10. The molecule has 0 spiro atoms. The average Bonchev–Trinajstić information content (AvgIpc) is 3.03. The van der Waals surface area contributed by atoms with Gasteiger partial charge in [-0.1, -0.05) is 22.9 Å². The van der Waals surface area contributed by atoms with E-state index in [1.54, 1.807) is 13.1 Å². The maximum atomic E-state index is 5.39. The van der Waals surface area contributed by atoms with Gasteiger partial charge in [0.2, 0.25) is 0 Å². The van der Waals surface area contributed by atoms with Crippen LogP contribution in [0.2, 0.25) is 0 Å². The van der Waals surface area contributed by atoms with Gasteiger partial charge in [-0.15, -0.1) is 12.4 Å². The van der Waals surface area contributed by atoms with Crippen LogP contribution in [0.4, 0.5) is 11.4 Å². The molecular weight excluding hydrogens is 362 g/mol. The summed E-state index contributed by atoms with van der Waals surface area (Å²) < 4.78 is 5.39. The molecule has 0 atom stereocenters. The average molecular weight is 382 g/mol. The zero-order valence-corrected chi connectivity index (χ0v) is 16.4. The highest BCUT2D eigenvalue weighted by atomic mass is 35.5. The van der Waals surface area contributed by atoms with Gasteiger partial charge in [0.25, 0.3) is 5.89 Å². The number of hydrogen-bond acceptors (Lipinski definition) is 6. The van der Waals surface area contributed by atoms with E-state index < -0.39 is 0 Å². The minimum absolute atomic E-state index is 0. The van der Waals surface area contributed by atoms with Crippen molar-refractivity contribution >= 4 is 34.8 Å². The van der Waals surface area contributed by atoms with Crippen molar-refractivity contribution in [3.8, 4) is 11.5 Å². The molecule has 0 fully saturated rings. The smallest absolute Gasteiger partial charge is 0.261 e. The topological polar surface area (TPSA) is 76.7 Å². The molecule has 27 heavy (non-hydrogen) atoms. The van der Waals surface area contributed by atoms with Gasteiger partial charge in [-0.2, -0.15) is 4.98 Å². The highest BCUT2D eigenvalue weighted by molar-refractivity contribution is 5.98. The third-order valence-corrected chi connectivity index (χ3v) is 4.27. The number of rotatable bonds is 3. The first-order valence-electron chi connectivity index (χ1n) is 8.42. The molecule has 0 saturated carbocycles. The fraction of sp³-hybridized carbons (Fsp3) is 0.200. The van der Waals surface area contributed by atoms with Crippen LogP contribution in [0.25, 0.3) is 22.5 Å². The zero-order chi connectivity index (χ0) is 18.3. The molecule has 0 bridgehead atoms. The maximum Gasteiger partial charge on any atom is 0.261 e. The highest BCUT2D eigenvalue weighted by Gasteiger charge is 2.17. The van der Waals surface area contributed by atoms with Crippen molar-refractivity contribution < 1.29 is 4.52 Å². The Morgan fingerprint density at radius 2 is 1.78 bits per heavy atom. The van der Waals surface area contributed by atoms with Crippen molar-refractivity contribution in [3.63, 3.8) is 0 Å². The van der Waals surface area contributed by atoms with E-state index in [1.807, 2.05) is 19.1 Å². The summed E-state index contributed by atoms with van der Waals surface area (Å²) in [5.41, 5.74) is 6.60. The number of nitrogens with zero attached hydrogens (tertiary/aromatic N) is 4. The lowest BCUT2D eigenvalue weighted by atomic mass is 10.1. The minimum Gasteiger partial charge on any atom is -0.354 e. The summed E-state index contributed by atoms with van der Waals surface area (Å²) >= 11 is 0. The van der Waals surface area contributed by atoms with Gasteiger partial charge < -0.3 is 9.84 Å². The first-order chi connectivity index (χ1) is 12.5. The molecule has 4 aromatic rings. The van der Waals surface area contributed by atoms with E-state index in [0.29, 0.717) is 17.4 Å². The molecular formula is C20H20ClN5O. The predicted molar refractivity (Wildman–Crippen MR) is 109 cm³/mol. The standard InChI is InChI=1S/C20H19N5O.ClH/c1-11-5-8-17(12(2)9-11)24-18-15-7-6-13(3)22-19(15)21-10-16(18)20-23-14(4)25-26-20;/h5-10H,1-4H3,(H,21,22,24);1H. The number of fused-ring (bicyclic) bond motifs is 1. The van der Waals surface area contributed by atoms with E-state index in [4.69, 9.17) is 4.52 Å². The fourth-order valence-electron chi connectivity index (χ4n) is 2.96. The summed E-state index contributed by atoms with van der Waals surface area (Å²) in [7, 11) is 0. The lowest BCUT2D eigenvalue weighted by Crippen LogP contribution is -2.00. The van der Waals surface area contributed by atoms with Crippen molar-refractivity contribution in [2.24, 2.45) is 0 Å². The predicted octanol–water partition coefficient (Wildman–Crippen LogP) is 5.08. The van der Waals surface area contributed by atoms with Crippen molar-refractivity contribution in [1.82, 2.24) is 20.1 Å². The van der Waals surface area contributed by atoms with Crippen LogP contribution in [0, 0.1) is 27.7 Å². The number of aromatic nitrogens is 4. The van der Waals surface area contributed by atoms with Crippen LogP contribution in [0.5, 0.6) is 0 Å². The molecule has 0 aliphatic carbocycles. The number of halogens is 1. The van der Waals surface area contributed by atoms with Gasteiger partial charge >= 0.3 is 0 Å². The molecule has 3 aromatic heterocycles. The zero-order valence-electron chi connectivity index (χ0n) is 15.6. The van der Waals surface area contributed by atoms with Crippen molar-refractivity contribution in [2.75, 3.05) is 5.32 Å². The summed E-state index contributed by atoms with van der Waals surface area (Å²) in [5, 5.41) is 8.34. The molecule has 0 unspecified atom stereocenters. The normalized spacial score (nSPS) is 10.7. The monoisotopic (exact) mass is 381 g/mol. The van der Waals surface area contributed by atoms with Gasteiger partial charge in [0.1, 0.15) is 0 Å². The van der Waals surface area contributed by atoms with Crippen LogP contribution < -0.4 is 5.32 Å². The Bertz CT molecular complexity index is 1120. The van der Waals surface area contributed by atoms with E-state index in [0.717, 1.165) is 33.6 Å². The summed E-state index contributed by atoms with van der Waals surface area (Å²) in [6.07, 6.45) is 1.73. The Hall–Kier alpha value is -2.99. The van der Waals surface area contributed by atoms with Crippen molar-refractivity contribution in [1.29, 1.82) is 0 Å². The third kappa shape index (κ3) is 3.61. The largest absolute Gasteiger partial charge is 0.354 e. The summed E-state index contributed by atoms with van der Waals surface area (Å²) in [6, 6.07) is 10.3. The van der Waals surface area contributed by atoms with Gasteiger partial charge in [0.15, 0.2) is 11.5 Å². The Balaban J connectivity index is 0.00000210. The molecule has 1 aromatic carbocycles. The summed E-state index contributed by atoms with van der Waals surface area (Å²) in [6.45, 7) is 7.91. The quantitative estimate of drug-likeness (QED) is 0.533. The Morgan fingerprint density at radius 3 is 2.48 bits per heavy atom. The fourth-order valence-corrected chi connectivity index (χ4v) is 2.96.